The number of nitrogens with one attached hydrogen (secondary N) is 2. The van der Waals surface area contributed by atoms with Gasteiger partial charge in [-0.1, -0.05) is 18.2 Å². The zero-order valence-corrected chi connectivity index (χ0v) is 13.3. The van der Waals surface area contributed by atoms with Crippen LogP contribution in [-0.4, -0.2) is 11.8 Å². The van der Waals surface area contributed by atoms with E-state index in [0.29, 0.717) is 16.9 Å². The molecule has 5 heteroatoms. The first-order valence-electron chi connectivity index (χ1n) is 6.41. The largest absolute Gasteiger partial charge is 0.326 e. The highest BCUT2D eigenvalue weighted by molar-refractivity contribution is 9.10. The van der Waals surface area contributed by atoms with Gasteiger partial charge in [0.05, 0.1) is 5.56 Å². The Hall–Kier alpha value is -2.14. The first kappa shape index (κ1) is 15.3. The molecular weight excluding hydrogens is 332 g/mol. The summed E-state index contributed by atoms with van der Waals surface area (Å²) in [5, 5.41) is 5.56. The molecule has 0 heterocycles. The standard InChI is InChI=1S/C16H15BrN2O2/c1-10-7-8-12(9-15(10)18-11(2)20)19-16(21)13-5-3-4-6-14(13)17/h3-9H,1-2H3,(H,18,20)(H,19,21). The van der Waals surface area contributed by atoms with Gasteiger partial charge in [-0.25, -0.2) is 0 Å². The molecule has 0 atom stereocenters. The molecule has 0 saturated heterocycles. The highest BCUT2D eigenvalue weighted by atomic mass is 79.9. The van der Waals surface area contributed by atoms with Gasteiger partial charge in [-0.05, 0) is 52.7 Å². The fourth-order valence-corrected chi connectivity index (χ4v) is 2.33. The van der Waals surface area contributed by atoms with E-state index in [4.69, 9.17) is 0 Å². The molecule has 0 fully saturated rings. The van der Waals surface area contributed by atoms with Crippen LogP contribution in [0.5, 0.6) is 0 Å². The number of anilines is 2. The minimum absolute atomic E-state index is 0.146. The second-order valence-corrected chi connectivity index (χ2v) is 5.50. The number of carbonyl (C=O) groups is 2. The number of benzene rings is 2. The van der Waals surface area contributed by atoms with Crippen molar-refractivity contribution < 1.29 is 9.59 Å². The second kappa shape index (κ2) is 6.54. The number of rotatable bonds is 3. The van der Waals surface area contributed by atoms with Crippen molar-refractivity contribution in [3.63, 3.8) is 0 Å². The monoisotopic (exact) mass is 346 g/mol. The van der Waals surface area contributed by atoms with Crippen molar-refractivity contribution in [1.82, 2.24) is 0 Å². The van der Waals surface area contributed by atoms with Crippen LogP contribution in [-0.2, 0) is 4.79 Å². The molecule has 0 unspecified atom stereocenters. The summed E-state index contributed by atoms with van der Waals surface area (Å²) in [6.45, 7) is 3.34. The van der Waals surface area contributed by atoms with E-state index in [2.05, 4.69) is 26.6 Å². The Bertz CT molecular complexity index is 698. The van der Waals surface area contributed by atoms with Crippen molar-refractivity contribution in [3.8, 4) is 0 Å². The Morgan fingerprint density at radius 2 is 1.76 bits per heavy atom. The Labute approximate surface area is 131 Å². The van der Waals surface area contributed by atoms with Crippen molar-refractivity contribution in [3.05, 3.63) is 58.1 Å². The lowest BCUT2D eigenvalue weighted by molar-refractivity contribution is -0.114. The van der Waals surface area contributed by atoms with E-state index in [1.54, 1.807) is 24.3 Å². The number of halogens is 1. The Morgan fingerprint density at radius 1 is 1.05 bits per heavy atom. The van der Waals surface area contributed by atoms with Crippen molar-refractivity contribution in [2.45, 2.75) is 13.8 Å². The summed E-state index contributed by atoms with van der Waals surface area (Å²) in [5.41, 5.74) is 2.81. The summed E-state index contributed by atoms with van der Waals surface area (Å²) >= 11 is 3.35. The van der Waals surface area contributed by atoms with E-state index < -0.39 is 0 Å². The molecule has 2 N–H and O–H groups in total. The predicted octanol–water partition coefficient (Wildman–Crippen LogP) is 3.97. The van der Waals surface area contributed by atoms with E-state index in [0.717, 1.165) is 10.0 Å². The smallest absolute Gasteiger partial charge is 0.256 e. The summed E-state index contributed by atoms with van der Waals surface area (Å²) in [4.78, 5) is 23.4. The predicted molar refractivity (Wildman–Crippen MR) is 87.6 cm³/mol. The molecule has 0 bridgehead atoms. The Kier molecular flexibility index (Phi) is 4.75. The lowest BCUT2D eigenvalue weighted by atomic mass is 10.1. The highest BCUT2D eigenvalue weighted by Crippen LogP contribution is 2.22. The lowest BCUT2D eigenvalue weighted by Gasteiger charge is -2.11. The molecule has 0 aliphatic rings. The molecule has 2 aromatic rings. The molecule has 0 aliphatic heterocycles. The maximum Gasteiger partial charge on any atom is 0.256 e. The summed E-state index contributed by atoms with van der Waals surface area (Å²) < 4.78 is 0.733. The van der Waals surface area contributed by atoms with E-state index in [1.807, 2.05) is 25.1 Å². The molecule has 2 aromatic carbocycles. The fraction of sp³-hybridized carbons (Fsp3) is 0.125. The zero-order valence-electron chi connectivity index (χ0n) is 11.7. The third kappa shape index (κ3) is 3.92. The van der Waals surface area contributed by atoms with E-state index in [9.17, 15) is 9.59 Å². The van der Waals surface area contributed by atoms with Crippen LogP contribution in [0.1, 0.15) is 22.8 Å². The minimum Gasteiger partial charge on any atom is -0.326 e. The number of hydrogen-bond acceptors (Lipinski definition) is 2. The number of amides is 2. The molecule has 108 valence electrons. The van der Waals surface area contributed by atoms with Crippen LogP contribution in [0.25, 0.3) is 0 Å². The van der Waals surface area contributed by atoms with Gasteiger partial charge in [0.1, 0.15) is 0 Å². The third-order valence-corrected chi connectivity index (χ3v) is 3.62. The molecule has 0 saturated carbocycles. The molecule has 0 spiro atoms. The minimum atomic E-state index is -0.208. The summed E-state index contributed by atoms with van der Waals surface area (Å²) in [6.07, 6.45) is 0. The molecule has 0 aliphatic carbocycles. The van der Waals surface area contributed by atoms with Gasteiger partial charge in [0, 0.05) is 22.8 Å². The molecule has 0 radical (unpaired) electrons. The van der Waals surface area contributed by atoms with Crippen LogP contribution in [0.4, 0.5) is 11.4 Å². The Balaban J connectivity index is 2.22. The number of hydrogen-bond donors (Lipinski definition) is 2. The van der Waals surface area contributed by atoms with Gasteiger partial charge in [0.25, 0.3) is 5.91 Å². The molecular formula is C16H15BrN2O2. The van der Waals surface area contributed by atoms with Gasteiger partial charge in [-0.3, -0.25) is 9.59 Å². The zero-order chi connectivity index (χ0) is 15.4. The van der Waals surface area contributed by atoms with E-state index in [1.165, 1.54) is 6.92 Å². The topological polar surface area (TPSA) is 58.2 Å². The first-order valence-corrected chi connectivity index (χ1v) is 7.21. The summed E-state index contributed by atoms with van der Waals surface area (Å²) in [6, 6.07) is 12.6. The van der Waals surface area contributed by atoms with Gasteiger partial charge in [-0.2, -0.15) is 0 Å². The van der Waals surface area contributed by atoms with Crippen LogP contribution in [0, 0.1) is 6.92 Å². The van der Waals surface area contributed by atoms with Crippen LogP contribution in [0.2, 0.25) is 0 Å². The summed E-state index contributed by atoms with van der Waals surface area (Å²) in [7, 11) is 0. The molecule has 21 heavy (non-hydrogen) atoms. The number of aryl methyl sites for hydroxylation is 1. The summed E-state index contributed by atoms with van der Waals surface area (Å²) in [5.74, 6) is -0.354. The van der Waals surface area contributed by atoms with Crippen molar-refractivity contribution in [2.24, 2.45) is 0 Å². The number of carbonyl (C=O) groups excluding carboxylic acids is 2. The molecule has 2 amide bonds. The first-order chi connectivity index (χ1) is 9.97. The van der Waals surface area contributed by atoms with Crippen LogP contribution in [0.3, 0.4) is 0 Å². The van der Waals surface area contributed by atoms with Gasteiger partial charge >= 0.3 is 0 Å². The highest BCUT2D eigenvalue weighted by Gasteiger charge is 2.10. The van der Waals surface area contributed by atoms with Gasteiger partial charge in [-0.15, -0.1) is 0 Å². The molecule has 0 aromatic heterocycles. The van der Waals surface area contributed by atoms with Crippen LogP contribution >= 0.6 is 15.9 Å². The molecule has 4 nitrogen and oxygen atoms in total. The average molecular weight is 347 g/mol. The van der Waals surface area contributed by atoms with Gasteiger partial charge < -0.3 is 10.6 Å². The third-order valence-electron chi connectivity index (χ3n) is 2.92. The van der Waals surface area contributed by atoms with Gasteiger partial charge in [0.15, 0.2) is 0 Å². The quantitative estimate of drug-likeness (QED) is 0.883. The maximum atomic E-state index is 12.2. The van der Waals surface area contributed by atoms with Gasteiger partial charge in [0.2, 0.25) is 5.91 Å². The fourth-order valence-electron chi connectivity index (χ4n) is 1.87. The normalized spacial score (nSPS) is 10.0. The molecule has 2 rings (SSSR count). The van der Waals surface area contributed by atoms with E-state index in [-0.39, 0.29) is 11.8 Å². The van der Waals surface area contributed by atoms with Crippen LogP contribution < -0.4 is 10.6 Å². The van der Waals surface area contributed by atoms with Crippen LogP contribution in [0.15, 0.2) is 46.9 Å². The second-order valence-electron chi connectivity index (χ2n) is 4.64. The lowest BCUT2D eigenvalue weighted by Crippen LogP contribution is -2.13. The average Bonchev–Trinajstić information content (AvgIpc) is 2.42. The van der Waals surface area contributed by atoms with Crippen molar-refractivity contribution >= 4 is 39.1 Å². The van der Waals surface area contributed by atoms with Crippen molar-refractivity contribution in [1.29, 1.82) is 0 Å². The van der Waals surface area contributed by atoms with E-state index >= 15 is 0 Å². The Morgan fingerprint density at radius 3 is 2.43 bits per heavy atom. The van der Waals surface area contributed by atoms with Crippen molar-refractivity contribution in [2.75, 3.05) is 10.6 Å². The SMILES string of the molecule is CC(=O)Nc1cc(NC(=O)c2ccccc2Br)ccc1C. The maximum absolute atomic E-state index is 12.2.